The molecule has 0 radical (unpaired) electrons. The molecule has 11 heteroatoms. The van der Waals surface area contributed by atoms with Crippen LogP contribution in [0.3, 0.4) is 0 Å². The number of rotatable bonds is 9. The fourth-order valence-corrected chi connectivity index (χ4v) is 7.37. The van der Waals surface area contributed by atoms with Crippen molar-refractivity contribution in [3.8, 4) is 5.75 Å². The number of imide groups is 1. The summed E-state index contributed by atoms with van der Waals surface area (Å²) in [4.78, 5) is 51.5. The zero-order valence-corrected chi connectivity index (χ0v) is 25.8. The Morgan fingerprint density at radius 3 is 2.45 bits per heavy atom. The zero-order valence-electron chi connectivity index (χ0n) is 25.8. The fraction of sp³-hybridized carbons (Fsp3) is 0.677. The van der Waals surface area contributed by atoms with E-state index in [2.05, 4.69) is 26.1 Å². The molecule has 0 spiro atoms. The summed E-state index contributed by atoms with van der Waals surface area (Å²) < 4.78 is 24.6. The Balaban J connectivity index is 1.39. The van der Waals surface area contributed by atoms with Crippen molar-refractivity contribution in [1.29, 1.82) is 0 Å². The Morgan fingerprint density at radius 2 is 1.83 bits per heavy atom. The number of carbonyl (C=O) groups is 4. The summed E-state index contributed by atoms with van der Waals surface area (Å²) in [5, 5.41) is 3.07. The van der Waals surface area contributed by atoms with E-state index < -0.39 is 30.2 Å². The molecule has 1 aromatic carbocycles. The molecule has 5 aliphatic rings. The van der Waals surface area contributed by atoms with Crippen molar-refractivity contribution in [2.45, 2.75) is 103 Å². The molecule has 228 valence electrons. The number of esters is 1. The second-order valence-electron chi connectivity index (χ2n) is 13.9. The van der Waals surface area contributed by atoms with Crippen LogP contribution in [0.5, 0.6) is 5.75 Å². The minimum absolute atomic E-state index is 0.0261. The predicted octanol–water partition coefficient (Wildman–Crippen LogP) is 3.48. The van der Waals surface area contributed by atoms with Gasteiger partial charge in [-0.05, 0) is 75.8 Å². The Labute approximate surface area is 248 Å². The summed E-state index contributed by atoms with van der Waals surface area (Å²) in [7, 11) is 0.765. The second-order valence-corrected chi connectivity index (χ2v) is 13.9. The van der Waals surface area contributed by atoms with Gasteiger partial charge in [-0.25, -0.2) is 4.79 Å². The average molecular weight is 583 g/mol. The van der Waals surface area contributed by atoms with Crippen LogP contribution in [0.4, 0.5) is 0 Å². The number of likely N-dealkylation sites (tertiary alicyclic amines) is 1. The fourth-order valence-electron chi connectivity index (χ4n) is 7.37. The van der Waals surface area contributed by atoms with Crippen LogP contribution in [0.1, 0.15) is 89.6 Å². The monoisotopic (exact) mass is 582 g/mol. The average Bonchev–Trinajstić information content (AvgIpc) is 3.43. The molecular weight excluding hydrogens is 539 g/mol. The van der Waals surface area contributed by atoms with Gasteiger partial charge < -0.3 is 24.1 Å². The van der Waals surface area contributed by atoms with E-state index in [0.717, 1.165) is 17.7 Å². The summed E-state index contributed by atoms with van der Waals surface area (Å²) in [5.74, 6) is -0.688. The molecule has 2 saturated heterocycles. The number of benzene rings is 1. The van der Waals surface area contributed by atoms with Crippen LogP contribution in [-0.4, -0.2) is 72.6 Å². The van der Waals surface area contributed by atoms with Crippen molar-refractivity contribution in [2.75, 3.05) is 13.7 Å². The summed E-state index contributed by atoms with van der Waals surface area (Å²) in [6.45, 7) is 12.1. The number of hydrogen-bond donors (Lipinski definition) is 1. The van der Waals surface area contributed by atoms with Crippen molar-refractivity contribution < 1.29 is 38.0 Å². The molecule has 2 aliphatic heterocycles. The van der Waals surface area contributed by atoms with Gasteiger partial charge in [-0.3, -0.25) is 19.3 Å². The maximum absolute atomic E-state index is 13.2. The normalized spacial score (nSPS) is 28.7. The number of hydrogen-bond acceptors (Lipinski definition) is 8. The molecule has 1 aromatic rings. The third-order valence-corrected chi connectivity index (χ3v) is 9.72. The topological polar surface area (TPSA) is 120 Å². The van der Waals surface area contributed by atoms with Crippen LogP contribution in [0.25, 0.3) is 0 Å². The molecule has 0 aromatic heterocycles. The summed E-state index contributed by atoms with van der Waals surface area (Å²) in [6.07, 6.45) is 2.49. The highest BCUT2D eigenvalue weighted by Gasteiger charge is 2.68. The quantitative estimate of drug-likeness (QED) is 0.267. The molecule has 42 heavy (non-hydrogen) atoms. The molecule has 5 fully saturated rings. The highest BCUT2D eigenvalue weighted by atomic mass is 16.7. The number of nitrogens with zero attached hydrogens (tertiary/aromatic N) is 1. The van der Waals surface area contributed by atoms with E-state index in [-0.39, 0.29) is 67.0 Å². The van der Waals surface area contributed by atoms with Gasteiger partial charge in [0.25, 0.3) is 0 Å². The highest BCUT2D eigenvalue weighted by Crippen LogP contribution is 2.65. The van der Waals surface area contributed by atoms with Crippen molar-refractivity contribution in [3.63, 3.8) is 0 Å². The summed E-state index contributed by atoms with van der Waals surface area (Å²) >= 11 is 0. The Morgan fingerprint density at radius 1 is 1.14 bits per heavy atom. The number of para-hydroxylation sites is 1. The predicted molar refractivity (Wildman–Crippen MR) is 154 cm³/mol. The van der Waals surface area contributed by atoms with Crippen LogP contribution in [-0.2, 0) is 34.9 Å². The number of methoxy groups -OCH3 is 1. The van der Waals surface area contributed by atoms with Gasteiger partial charge in [-0.2, -0.15) is 0 Å². The lowest BCUT2D eigenvalue weighted by atomic mass is 9.43. The molecule has 3 aliphatic carbocycles. The largest absolute Gasteiger partial charge is 0.496 e. The van der Waals surface area contributed by atoms with Crippen LogP contribution in [0.2, 0.25) is 0 Å². The zero-order chi connectivity index (χ0) is 30.6. The van der Waals surface area contributed by atoms with E-state index in [0.29, 0.717) is 23.1 Å². The first-order valence-electron chi connectivity index (χ1n) is 15.0. The van der Waals surface area contributed by atoms with E-state index >= 15 is 0 Å². The molecule has 2 bridgehead atoms. The molecule has 3 amide bonds. The molecule has 5 unspecified atom stereocenters. The lowest BCUT2D eigenvalue weighted by molar-refractivity contribution is -0.199. The molecule has 5 atom stereocenters. The molecule has 10 nitrogen and oxygen atoms in total. The maximum atomic E-state index is 13.2. The lowest BCUT2D eigenvalue weighted by Gasteiger charge is -2.64. The van der Waals surface area contributed by atoms with Crippen LogP contribution < -0.4 is 10.1 Å². The van der Waals surface area contributed by atoms with Gasteiger partial charge in [0.1, 0.15) is 16.9 Å². The Kier molecular flexibility index (Phi) is 7.98. The van der Waals surface area contributed by atoms with Gasteiger partial charge in [0, 0.05) is 25.8 Å². The van der Waals surface area contributed by atoms with Crippen molar-refractivity contribution >= 4 is 30.8 Å². The van der Waals surface area contributed by atoms with Gasteiger partial charge in [0.05, 0.1) is 24.8 Å². The molecule has 6 rings (SSSR count). The standard InChI is InChI=1S/C31H43BN2O8/c1-29(2,3)40-28(38)20-10-8-9-18(27(20)39-7)15-23(33-24(35)13-14-34-25(36)11-12-26(34)37)32-41-22-17-19-16-21(30(19,4)5)31(22,6)42-32/h8-10,19,21-23H,11-17H2,1-7H3,(H,33,35). The first-order chi connectivity index (χ1) is 19.6. The molecule has 3 saturated carbocycles. The molecular formula is C31H43BN2O8. The lowest BCUT2D eigenvalue weighted by Crippen LogP contribution is -2.65. The Bertz CT molecular complexity index is 1260. The first kappa shape index (κ1) is 30.5. The van der Waals surface area contributed by atoms with E-state index in [9.17, 15) is 19.2 Å². The van der Waals surface area contributed by atoms with Crippen LogP contribution in [0, 0.1) is 17.3 Å². The minimum Gasteiger partial charge on any atom is -0.496 e. The van der Waals surface area contributed by atoms with Gasteiger partial charge in [-0.15, -0.1) is 0 Å². The summed E-state index contributed by atoms with van der Waals surface area (Å²) in [6, 6.07) is 5.26. The van der Waals surface area contributed by atoms with E-state index in [1.807, 2.05) is 6.07 Å². The van der Waals surface area contributed by atoms with Gasteiger partial charge in [0.15, 0.2) is 0 Å². The van der Waals surface area contributed by atoms with Gasteiger partial charge in [-0.1, -0.05) is 26.0 Å². The van der Waals surface area contributed by atoms with Gasteiger partial charge >= 0.3 is 13.1 Å². The van der Waals surface area contributed by atoms with E-state index in [1.165, 1.54) is 7.11 Å². The SMILES string of the molecule is COc1c(CC(NC(=O)CCN2C(=O)CCC2=O)B2OC3CC4CC(C4(C)C)C3(C)O2)cccc1C(=O)OC(C)(C)C. The van der Waals surface area contributed by atoms with Crippen molar-refractivity contribution in [1.82, 2.24) is 10.2 Å². The number of amides is 3. The second kappa shape index (κ2) is 11.0. The third-order valence-electron chi connectivity index (χ3n) is 9.72. The molecule has 1 N–H and O–H groups in total. The van der Waals surface area contributed by atoms with Gasteiger partial charge in [0.2, 0.25) is 17.7 Å². The van der Waals surface area contributed by atoms with E-state index in [4.69, 9.17) is 18.8 Å². The summed E-state index contributed by atoms with van der Waals surface area (Å²) in [5.41, 5.74) is -0.0335. The Hall–Kier alpha value is -2.92. The first-order valence-corrected chi connectivity index (χ1v) is 15.0. The van der Waals surface area contributed by atoms with E-state index in [1.54, 1.807) is 32.9 Å². The molecule has 2 heterocycles. The highest BCUT2D eigenvalue weighted by molar-refractivity contribution is 6.48. The van der Waals surface area contributed by atoms with Crippen LogP contribution >= 0.6 is 0 Å². The number of ether oxygens (including phenoxy) is 2. The minimum atomic E-state index is -0.732. The smallest absolute Gasteiger partial charge is 0.482 e. The third kappa shape index (κ3) is 5.57. The maximum Gasteiger partial charge on any atom is 0.482 e. The number of nitrogens with one attached hydrogen (secondary N) is 1. The van der Waals surface area contributed by atoms with Crippen molar-refractivity contribution in [2.24, 2.45) is 17.3 Å². The number of carbonyl (C=O) groups excluding carboxylic acids is 4. The van der Waals surface area contributed by atoms with Crippen molar-refractivity contribution in [3.05, 3.63) is 29.3 Å². The van der Waals surface area contributed by atoms with Crippen LogP contribution in [0.15, 0.2) is 18.2 Å².